The fourth-order valence-corrected chi connectivity index (χ4v) is 3.72. The van der Waals surface area contributed by atoms with Crippen molar-refractivity contribution in [1.29, 1.82) is 0 Å². The number of nitrogens with zero attached hydrogens (tertiary/aromatic N) is 5. The third kappa shape index (κ3) is 4.24. The number of halogens is 1. The van der Waals surface area contributed by atoms with Gasteiger partial charge in [0, 0.05) is 44.0 Å². The second-order valence-corrected chi connectivity index (χ2v) is 8.66. The fourth-order valence-electron chi connectivity index (χ4n) is 3.72. The molecule has 0 unspecified atom stereocenters. The molecule has 0 aliphatic heterocycles. The molecule has 12 heteroatoms. The third-order valence-corrected chi connectivity index (χ3v) is 5.77. The molecule has 2 atom stereocenters. The molecule has 3 heterocycles. The predicted octanol–water partition coefficient (Wildman–Crippen LogP) is 1.75. The number of nitrogen functional groups attached to an aromatic ring is 1. The summed E-state index contributed by atoms with van der Waals surface area (Å²) in [5, 5.41) is 9.90. The maximum atomic E-state index is 13.2. The van der Waals surface area contributed by atoms with E-state index in [1.54, 1.807) is 56.7 Å². The first-order chi connectivity index (χ1) is 17.2. The molecule has 11 nitrogen and oxygen atoms in total. The Balaban J connectivity index is 1.44. The Morgan fingerprint density at radius 3 is 2.58 bits per heavy atom. The van der Waals surface area contributed by atoms with Crippen molar-refractivity contribution in [2.24, 2.45) is 0 Å². The normalized spacial score (nSPS) is 16.5. The summed E-state index contributed by atoms with van der Waals surface area (Å²) in [7, 11) is 3.33. The van der Waals surface area contributed by atoms with E-state index in [1.165, 1.54) is 26.2 Å². The Labute approximate surface area is 204 Å². The summed E-state index contributed by atoms with van der Waals surface area (Å²) in [5.74, 6) is -0.448. The number of anilines is 3. The summed E-state index contributed by atoms with van der Waals surface area (Å²) in [5.41, 5.74) is 7.62. The number of hydrogen-bond donors (Lipinski definition) is 3. The van der Waals surface area contributed by atoms with Gasteiger partial charge in [-0.25, -0.2) is 13.9 Å². The van der Waals surface area contributed by atoms with Gasteiger partial charge in [0.2, 0.25) is 0 Å². The zero-order valence-electron chi connectivity index (χ0n) is 19.5. The van der Waals surface area contributed by atoms with Gasteiger partial charge in [-0.2, -0.15) is 0 Å². The molecule has 0 radical (unpaired) electrons. The smallest absolute Gasteiger partial charge is 0.278 e. The van der Waals surface area contributed by atoms with Crippen LogP contribution < -0.4 is 21.9 Å². The van der Waals surface area contributed by atoms with Gasteiger partial charge in [0.1, 0.15) is 11.9 Å². The summed E-state index contributed by atoms with van der Waals surface area (Å²) in [6.07, 6.45) is 2.15. The van der Waals surface area contributed by atoms with E-state index >= 15 is 0 Å². The minimum atomic E-state index is -1.05. The Morgan fingerprint density at radius 2 is 1.92 bits per heavy atom. The molecule has 1 fully saturated rings. The Morgan fingerprint density at radius 1 is 1.19 bits per heavy atom. The number of nitrogens with two attached hydrogens (primary N) is 1. The number of amides is 2. The van der Waals surface area contributed by atoms with Crippen LogP contribution in [0.5, 0.6) is 0 Å². The number of pyridine rings is 1. The number of aromatic nitrogens is 4. The van der Waals surface area contributed by atoms with E-state index in [1.807, 2.05) is 0 Å². The molecule has 3 aromatic heterocycles. The van der Waals surface area contributed by atoms with Crippen LogP contribution in [0.3, 0.4) is 0 Å². The summed E-state index contributed by atoms with van der Waals surface area (Å²) >= 11 is 0. The number of hydrogen-bond acceptors (Lipinski definition) is 7. The van der Waals surface area contributed by atoms with Gasteiger partial charge >= 0.3 is 0 Å². The zero-order valence-corrected chi connectivity index (χ0v) is 19.5. The molecule has 0 saturated heterocycles. The molecule has 5 rings (SSSR count). The highest BCUT2D eigenvalue weighted by Gasteiger charge is 2.39. The minimum absolute atomic E-state index is 0.0947. The van der Waals surface area contributed by atoms with Crippen LogP contribution in [0.4, 0.5) is 21.6 Å². The molecule has 1 aromatic carbocycles. The van der Waals surface area contributed by atoms with Crippen molar-refractivity contribution in [1.82, 2.24) is 29.4 Å². The van der Waals surface area contributed by atoms with Crippen LogP contribution in [0.1, 0.15) is 27.3 Å². The minimum Gasteiger partial charge on any atom is -0.396 e. The van der Waals surface area contributed by atoms with E-state index in [4.69, 9.17) is 5.73 Å². The average Bonchev–Trinajstić information content (AvgIpc) is 3.36. The number of alkyl halides is 1. The lowest BCUT2D eigenvalue weighted by Gasteiger charge is -2.12. The lowest BCUT2D eigenvalue weighted by atomic mass is 10.2. The number of rotatable bonds is 6. The highest BCUT2D eigenvalue weighted by molar-refractivity contribution is 5.94. The molecule has 1 aliphatic carbocycles. The summed E-state index contributed by atoms with van der Waals surface area (Å²) in [6, 6.07) is 10.9. The van der Waals surface area contributed by atoms with Gasteiger partial charge in [-0.15, -0.1) is 5.10 Å². The molecule has 2 amide bonds. The first-order valence-corrected chi connectivity index (χ1v) is 11.1. The van der Waals surface area contributed by atoms with Crippen LogP contribution in [0, 0.1) is 0 Å². The largest absolute Gasteiger partial charge is 0.396 e. The number of carbonyl (C=O) groups excluding carboxylic acids is 2. The van der Waals surface area contributed by atoms with Crippen LogP contribution in [-0.4, -0.2) is 62.2 Å². The van der Waals surface area contributed by atoms with E-state index < -0.39 is 18.1 Å². The Hall–Kier alpha value is -4.74. The maximum Gasteiger partial charge on any atom is 0.278 e. The standard InChI is InChI=1S/C24H23FN8O3/c1-31(2)23(35)13-5-7-14(8-6-13)32-9-3-4-17(24(32)36)28-20-11-16(26)21-27-12-19(33(21)30-20)22(34)29-18-10-15(18)25/h3-9,11-12,15,18H,10,26H2,1-2H3,(H,28,30)(H,29,34)/t15-,18+/m0/s1. The van der Waals surface area contributed by atoms with Gasteiger partial charge in [-0.1, -0.05) is 0 Å². The lowest BCUT2D eigenvalue weighted by molar-refractivity contribution is 0.0827. The van der Waals surface area contributed by atoms with E-state index in [9.17, 15) is 18.8 Å². The van der Waals surface area contributed by atoms with Gasteiger partial charge in [0.25, 0.3) is 17.4 Å². The van der Waals surface area contributed by atoms with Crippen LogP contribution in [0.2, 0.25) is 0 Å². The molecule has 4 N–H and O–H groups in total. The van der Waals surface area contributed by atoms with Crippen molar-refractivity contribution in [2.75, 3.05) is 25.1 Å². The monoisotopic (exact) mass is 490 g/mol. The van der Waals surface area contributed by atoms with Gasteiger partial charge < -0.3 is 21.3 Å². The molecule has 0 spiro atoms. The second-order valence-electron chi connectivity index (χ2n) is 8.66. The zero-order chi connectivity index (χ0) is 25.6. The van der Waals surface area contributed by atoms with Crippen molar-refractivity contribution < 1.29 is 14.0 Å². The Bertz CT molecular complexity index is 1540. The third-order valence-electron chi connectivity index (χ3n) is 5.77. The molecule has 184 valence electrons. The second kappa shape index (κ2) is 8.80. The van der Waals surface area contributed by atoms with Gasteiger partial charge in [-0.05, 0) is 36.4 Å². The van der Waals surface area contributed by atoms with Crippen LogP contribution in [0.25, 0.3) is 11.3 Å². The summed E-state index contributed by atoms with van der Waals surface area (Å²) < 4.78 is 15.9. The Kier molecular flexibility index (Phi) is 5.63. The van der Waals surface area contributed by atoms with Crippen molar-refractivity contribution in [3.05, 3.63) is 76.5 Å². The quantitative estimate of drug-likeness (QED) is 0.374. The van der Waals surface area contributed by atoms with Crippen LogP contribution in [0.15, 0.2) is 59.7 Å². The van der Waals surface area contributed by atoms with Gasteiger partial charge in [-0.3, -0.25) is 19.0 Å². The molecule has 1 aliphatic rings. The molecule has 0 bridgehead atoms. The van der Waals surface area contributed by atoms with E-state index in [0.29, 0.717) is 11.3 Å². The molecule has 1 saturated carbocycles. The predicted molar refractivity (Wildman–Crippen MR) is 132 cm³/mol. The first-order valence-electron chi connectivity index (χ1n) is 11.1. The van der Waals surface area contributed by atoms with Crippen LogP contribution >= 0.6 is 0 Å². The van der Waals surface area contributed by atoms with Crippen molar-refractivity contribution in [2.45, 2.75) is 18.6 Å². The van der Waals surface area contributed by atoms with Crippen molar-refractivity contribution in [3.8, 4) is 5.69 Å². The summed E-state index contributed by atoms with van der Waals surface area (Å²) in [4.78, 5) is 43.5. The highest BCUT2D eigenvalue weighted by atomic mass is 19.1. The SMILES string of the molecule is CN(C)C(=O)c1ccc(-n2cccc(Nc3cc(N)c4ncc(C(=O)N[C@@H]5C[C@@H]5F)n4n3)c2=O)cc1. The molecule has 4 aromatic rings. The number of benzene rings is 1. The van der Waals surface area contributed by atoms with Crippen molar-refractivity contribution >= 4 is 34.7 Å². The average molecular weight is 490 g/mol. The topological polar surface area (TPSA) is 140 Å². The first kappa shape index (κ1) is 23.0. The number of fused-ring (bicyclic) bond motifs is 1. The lowest BCUT2D eigenvalue weighted by Crippen LogP contribution is -2.28. The molecular weight excluding hydrogens is 467 g/mol. The van der Waals surface area contributed by atoms with E-state index in [2.05, 4.69) is 20.7 Å². The number of carbonyl (C=O) groups is 2. The molecular formula is C24H23FN8O3. The maximum absolute atomic E-state index is 13.2. The van der Waals surface area contributed by atoms with Crippen molar-refractivity contribution in [3.63, 3.8) is 0 Å². The van der Waals surface area contributed by atoms with Crippen LogP contribution in [-0.2, 0) is 0 Å². The molecule has 36 heavy (non-hydrogen) atoms. The van der Waals surface area contributed by atoms with E-state index in [-0.39, 0.29) is 46.4 Å². The van der Waals surface area contributed by atoms with E-state index in [0.717, 1.165) is 0 Å². The number of nitrogens with one attached hydrogen (secondary N) is 2. The highest BCUT2D eigenvalue weighted by Crippen LogP contribution is 2.26. The number of imidazole rings is 1. The summed E-state index contributed by atoms with van der Waals surface area (Å²) in [6.45, 7) is 0. The fraction of sp³-hybridized carbons (Fsp3) is 0.208. The van der Waals surface area contributed by atoms with Gasteiger partial charge in [0.15, 0.2) is 17.2 Å². The van der Waals surface area contributed by atoms with Gasteiger partial charge in [0.05, 0.1) is 17.9 Å².